The van der Waals surface area contributed by atoms with Crippen LogP contribution in [0.1, 0.15) is 30.1 Å². The highest BCUT2D eigenvalue weighted by Gasteiger charge is 2.19. The van der Waals surface area contributed by atoms with Gasteiger partial charge in [0.15, 0.2) is 5.78 Å². The Morgan fingerprint density at radius 2 is 1.83 bits per heavy atom. The Balaban J connectivity index is 1.80. The molecule has 0 aromatic heterocycles. The fourth-order valence-corrected chi connectivity index (χ4v) is 3.24. The first-order valence-corrected chi connectivity index (χ1v) is 8.66. The van der Waals surface area contributed by atoms with E-state index in [1.807, 2.05) is 48.5 Å². The average Bonchev–Trinajstić information content (AvgIpc) is 2.63. The van der Waals surface area contributed by atoms with Crippen LogP contribution >= 0.6 is 0 Å². The number of likely N-dealkylation sites (tertiary alicyclic amines) is 1. The molecule has 2 aromatic carbocycles. The van der Waals surface area contributed by atoms with Gasteiger partial charge < -0.3 is 4.74 Å². The second-order valence-corrected chi connectivity index (χ2v) is 6.66. The molecule has 3 rings (SSSR count). The van der Waals surface area contributed by atoms with Crippen LogP contribution < -0.4 is 4.74 Å². The van der Waals surface area contributed by atoms with Crippen LogP contribution in [0.15, 0.2) is 48.5 Å². The number of ether oxygens (including phenoxy) is 1. The molecule has 3 nitrogen and oxygen atoms in total. The molecule has 0 N–H and O–H groups in total. The van der Waals surface area contributed by atoms with Crippen LogP contribution in [0, 0.1) is 5.92 Å². The van der Waals surface area contributed by atoms with Crippen molar-refractivity contribution in [2.24, 2.45) is 5.92 Å². The molecule has 1 fully saturated rings. The number of hydrogen-bond donors (Lipinski definition) is 0. The zero-order chi connectivity index (χ0) is 16.9. The molecule has 126 valence electrons. The van der Waals surface area contributed by atoms with E-state index in [0.29, 0.717) is 6.54 Å². The van der Waals surface area contributed by atoms with Crippen molar-refractivity contribution in [3.63, 3.8) is 0 Å². The van der Waals surface area contributed by atoms with Gasteiger partial charge in [-0.05, 0) is 55.6 Å². The average molecular weight is 323 g/mol. The molecule has 1 aliphatic heterocycles. The van der Waals surface area contributed by atoms with Crippen LogP contribution in [-0.2, 0) is 0 Å². The van der Waals surface area contributed by atoms with Crippen molar-refractivity contribution in [3.8, 4) is 16.9 Å². The van der Waals surface area contributed by atoms with E-state index in [9.17, 15) is 4.79 Å². The normalized spacial score (nSPS) is 16.1. The van der Waals surface area contributed by atoms with Crippen LogP contribution in [0.25, 0.3) is 11.1 Å². The number of methoxy groups -OCH3 is 1. The summed E-state index contributed by atoms with van der Waals surface area (Å²) < 4.78 is 5.47. The number of rotatable bonds is 5. The Kier molecular flexibility index (Phi) is 5.31. The molecule has 2 aromatic rings. The van der Waals surface area contributed by atoms with Gasteiger partial charge in [-0.25, -0.2) is 0 Å². The van der Waals surface area contributed by atoms with Crippen molar-refractivity contribution < 1.29 is 9.53 Å². The first-order valence-electron chi connectivity index (χ1n) is 8.66. The van der Waals surface area contributed by atoms with E-state index in [2.05, 4.69) is 11.8 Å². The standard InChI is InChI=1S/C21H25NO2/c1-16-10-12-22(13-11-16)15-20(23)18-8-9-21(24-2)19(14-18)17-6-4-3-5-7-17/h3-9,14,16H,10-13,15H2,1-2H3. The van der Waals surface area contributed by atoms with Gasteiger partial charge in [-0.15, -0.1) is 0 Å². The summed E-state index contributed by atoms with van der Waals surface area (Å²) in [6, 6.07) is 15.8. The van der Waals surface area contributed by atoms with E-state index >= 15 is 0 Å². The van der Waals surface area contributed by atoms with E-state index in [1.165, 1.54) is 12.8 Å². The minimum atomic E-state index is 0.185. The highest BCUT2D eigenvalue weighted by atomic mass is 16.5. The Morgan fingerprint density at radius 3 is 2.50 bits per heavy atom. The van der Waals surface area contributed by atoms with E-state index in [1.54, 1.807) is 7.11 Å². The summed E-state index contributed by atoms with van der Waals surface area (Å²) in [6.07, 6.45) is 2.37. The van der Waals surface area contributed by atoms with Crippen molar-refractivity contribution in [1.82, 2.24) is 4.90 Å². The van der Waals surface area contributed by atoms with Gasteiger partial charge in [0.2, 0.25) is 0 Å². The maximum atomic E-state index is 12.7. The van der Waals surface area contributed by atoms with Gasteiger partial charge in [-0.1, -0.05) is 37.3 Å². The summed E-state index contributed by atoms with van der Waals surface area (Å²) in [6.45, 7) is 4.84. The Morgan fingerprint density at radius 1 is 1.12 bits per heavy atom. The molecule has 0 radical (unpaired) electrons. The van der Waals surface area contributed by atoms with Gasteiger partial charge in [0.25, 0.3) is 0 Å². The lowest BCUT2D eigenvalue weighted by molar-refractivity contribution is 0.0900. The molecule has 1 heterocycles. The molecule has 0 unspecified atom stereocenters. The fraction of sp³-hybridized carbons (Fsp3) is 0.381. The molecule has 24 heavy (non-hydrogen) atoms. The number of Topliss-reactive ketones (excluding diaryl/α,β-unsaturated/α-hetero) is 1. The van der Waals surface area contributed by atoms with Crippen LogP contribution in [-0.4, -0.2) is 37.4 Å². The van der Waals surface area contributed by atoms with E-state index in [0.717, 1.165) is 41.4 Å². The van der Waals surface area contributed by atoms with Gasteiger partial charge >= 0.3 is 0 Å². The molecule has 0 aliphatic carbocycles. The predicted molar refractivity (Wildman–Crippen MR) is 97.6 cm³/mol. The lowest BCUT2D eigenvalue weighted by Gasteiger charge is -2.29. The molecule has 0 amide bonds. The second-order valence-electron chi connectivity index (χ2n) is 6.66. The lowest BCUT2D eigenvalue weighted by Crippen LogP contribution is -2.36. The Hall–Kier alpha value is -2.13. The minimum absolute atomic E-state index is 0.185. The molecule has 0 atom stereocenters. The van der Waals surface area contributed by atoms with Crippen LogP contribution in [0.4, 0.5) is 0 Å². The summed E-state index contributed by atoms with van der Waals surface area (Å²) in [5.41, 5.74) is 2.79. The molecular formula is C21H25NO2. The zero-order valence-corrected chi connectivity index (χ0v) is 14.5. The number of nitrogens with zero attached hydrogens (tertiary/aromatic N) is 1. The van der Waals surface area contributed by atoms with Gasteiger partial charge in [-0.3, -0.25) is 9.69 Å². The van der Waals surface area contributed by atoms with Gasteiger partial charge in [0, 0.05) is 11.1 Å². The summed E-state index contributed by atoms with van der Waals surface area (Å²) in [7, 11) is 1.66. The number of piperidine rings is 1. The molecule has 0 saturated carbocycles. The third-order valence-electron chi connectivity index (χ3n) is 4.85. The minimum Gasteiger partial charge on any atom is -0.496 e. The number of hydrogen-bond acceptors (Lipinski definition) is 3. The molecule has 0 bridgehead atoms. The summed E-state index contributed by atoms with van der Waals surface area (Å²) in [5, 5.41) is 0. The summed E-state index contributed by atoms with van der Waals surface area (Å²) >= 11 is 0. The first kappa shape index (κ1) is 16.7. The third-order valence-corrected chi connectivity index (χ3v) is 4.85. The number of carbonyl (C=O) groups is 1. The second kappa shape index (κ2) is 7.63. The van der Waals surface area contributed by atoms with Crippen molar-refractivity contribution in [2.45, 2.75) is 19.8 Å². The van der Waals surface area contributed by atoms with Crippen molar-refractivity contribution in [2.75, 3.05) is 26.7 Å². The molecule has 0 spiro atoms. The van der Waals surface area contributed by atoms with E-state index in [4.69, 9.17) is 4.74 Å². The fourth-order valence-electron chi connectivity index (χ4n) is 3.24. The highest BCUT2D eigenvalue weighted by Crippen LogP contribution is 2.31. The van der Waals surface area contributed by atoms with Crippen molar-refractivity contribution in [1.29, 1.82) is 0 Å². The van der Waals surface area contributed by atoms with Crippen molar-refractivity contribution in [3.05, 3.63) is 54.1 Å². The largest absolute Gasteiger partial charge is 0.496 e. The quantitative estimate of drug-likeness (QED) is 0.769. The topological polar surface area (TPSA) is 29.5 Å². The molecule has 1 aliphatic rings. The van der Waals surface area contributed by atoms with E-state index in [-0.39, 0.29) is 5.78 Å². The highest BCUT2D eigenvalue weighted by molar-refractivity contribution is 5.99. The van der Waals surface area contributed by atoms with Gasteiger partial charge in [0.1, 0.15) is 5.75 Å². The smallest absolute Gasteiger partial charge is 0.176 e. The maximum Gasteiger partial charge on any atom is 0.176 e. The monoisotopic (exact) mass is 323 g/mol. The summed E-state index contributed by atoms with van der Waals surface area (Å²) in [4.78, 5) is 15.0. The van der Waals surface area contributed by atoms with E-state index < -0.39 is 0 Å². The van der Waals surface area contributed by atoms with Gasteiger partial charge in [0.05, 0.1) is 13.7 Å². The maximum absolute atomic E-state index is 12.7. The molecule has 1 saturated heterocycles. The number of carbonyl (C=O) groups excluding carboxylic acids is 1. The number of benzene rings is 2. The van der Waals surface area contributed by atoms with Crippen molar-refractivity contribution >= 4 is 5.78 Å². The van der Waals surface area contributed by atoms with Crippen LogP contribution in [0.5, 0.6) is 5.75 Å². The SMILES string of the molecule is COc1ccc(C(=O)CN2CCC(C)CC2)cc1-c1ccccc1. The first-order chi connectivity index (χ1) is 11.7. The molecular weight excluding hydrogens is 298 g/mol. The van der Waals surface area contributed by atoms with Crippen LogP contribution in [0.2, 0.25) is 0 Å². The Bertz CT molecular complexity index is 688. The predicted octanol–water partition coefficient (Wildman–Crippen LogP) is 4.28. The van der Waals surface area contributed by atoms with Crippen LogP contribution in [0.3, 0.4) is 0 Å². The molecule has 3 heteroatoms. The Labute approximate surface area is 144 Å². The van der Waals surface area contributed by atoms with Gasteiger partial charge in [-0.2, -0.15) is 0 Å². The zero-order valence-electron chi connectivity index (χ0n) is 14.5. The number of ketones is 1. The lowest BCUT2D eigenvalue weighted by atomic mass is 9.97. The third kappa shape index (κ3) is 3.85. The summed E-state index contributed by atoms with van der Waals surface area (Å²) in [5.74, 6) is 1.76.